The summed E-state index contributed by atoms with van der Waals surface area (Å²) in [5, 5.41) is 4.96. The van der Waals surface area contributed by atoms with Crippen molar-refractivity contribution >= 4 is 61.6 Å². The van der Waals surface area contributed by atoms with Gasteiger partial charge in [0.1, 0.15) is 5.82 Å². The summed E-state index contributed by atoms with van der Waals surface area (Å²) in [6, 6.07) is 8.95. The van der Waals surface area contributed by atoms with Crippen molar-refractivity contribution in [3.05, 3.63) is 60.1 Å². The van der Waals surface area contributed by atoms with Crippen LogP contribution >= 0.6 is 38.5 Å². The van der Waals surface area contributed by atoms with E-state index >= 15 is 0 Å². The second-order valence-corrected chi connectivity index (χ2v) is 10.4. The molecule has 10 heteroatoms. The largest absolute Gasteiger partial charge is 0.493 e. The van der Waals surface area contributed by atoms with E-state index in [2.05, 4.69) is 43.6 Å². The van der Waals surface area contributed by atoms with Crippen LogP contribution in [0.1, 0.15) is 39.1 Å². The van der Waals surface area contributed by atoms with Gasteiger partial charge >= 0.3 is 5.97 Å². The number of carbonyl (C=O) groups excluding carboxylic acids is 1. The third kappa shape index (κ3) is 5.96. The highest BCUT2D eigenvalue weighted by Gasteiger charge is 2.23. The van der Waals surface area contributed by atoms with E-state index in [4.69, 9.17) is 19.2 Å². The van der Waals surface area contributed by atoms with Crippen LogP contribution in [0.25, 0.3) is 10.9 Å². The number of benzene rings is 2. The molecule has 0 aliphatic heterocycles. The average molecular weight is 642 g/mol. The zero-order valence-electron chi connectivity index (χ0n) is 19.5. The number of hydrogen-bond donors (Lipinski definition) is 0. The van der Waals surface area contributed by atoms with Gasteiger partial charge in [-0.1, -0.05) is 36.7 Å². The lowest BCUT2D eigenvalue weighted by Gasteiger charge is -2.21. The summed E-state index contributed by atoms with van der Waals surface area (Å²) in [6.45, 7) is 7.72. The third-order valence-electron chi connectivity index (χ3n) is 4.69. The van der Waals surface area contributed by atoms with E-state index in [-0.39, 0.29) is 18.8 Å². The van der Waals surface area contributed by atoms with E-state index < -0.39 is 11.4 Å². The van der Waals surface area contributed by atoms with Crippen LogP contribution in [0.3, 0.4) is 0 Å². The van der Waals surface area contributed by atoms with Crippen LogP contribution in [-0.2, 0) is 14.9 Å². The molecule has 3 rings (SSSR count). The maximum absolute atomic E-state index is 13.3. The highest BCUT2D eigenvalue weighted by Crippen LogP contribution is 2.33. The first kappa shape index (κ1) is 26.1. The van der Waals surface area contributed by atoms with Gasteiger partial charge in [0.25, 0.3) is 5.56 Å². The van der Waals surface area contributed by atoms with Crippen LogP contribution < -0.4 is 15.0 Å². The minimum atomic E-state index is -0.462. The van der Waals surface area contributed by atoms with E-state index in [0.717, 1.165) is 4.47 Å². The molecule has 8 nitrogen and oxygen atoms in total. The van der Waals surface area contributed by atoms with Crippen molar-refractivity contribution in [1.29, 1.82) is 0 Å². The van der Waals surface area contributed by atoms with Gasteiger partial charge in [0.15, 0.2) is 18.1 Å². The van der Waals surface area contributed by atoms with Crippen molar-refractivity contribution in [2.24, 2.45) is 5.10 Å². The topological polar surface area (TPSA) is 92.0 Å². The molecule has 0 aliphatic rings. The number of halogens is 2. The fourth-order valence-corrected chi connectivity index (χ4v) is 4.30. The first-order chi connectivity index (χ1) is 16.0. The minimum absolute atomic E-state index is 0.226. The molecule has 0 unspecified atom stereocenters. The Hall–Kier alpha value is -2.47. The minimum Gasteiger partial charge on any atom is -0.493 e. The van der Waals surface area contributed by atoms with Crippen molar-refractivity contribution < 1.29 is 19.0 Å². The van der Waals surface area contributed by atoms with Gasteiger partial charge in [-0.3, -0.25) is 4.79 Å². The van der Waals surface area contributed by atoms with Crippen LogP contribution in [0.15, 0.2) is 44.7 Å². The van der Waals surface area contributed by atoms with Crippen LogP contribution in [0, 0.1) is 3.57 Å². The monoisotopic (exact) mass is 641 g/mol. The summed E-state index contributed by atoms with van der Waals surface area (Å²) in [5.41, 5.74) is 0.618. The predicted octanol–water partition coefficient (Wildman–Crippen LogP) is 4.89. The molecule has 0 spiro atoms. The number of rotatable bonds is 7. The average Bonchev–Trinajstić information content (AvgIpc) is 2.77. The second-order valence-electron chi connectivity index (χ2n) is 8.34. The van der Waals surface area contributed by atoms with Crippen molar-refractivity contribution in [2.75, 3.05) is 20.3 Å². The van der Waals surface area contributed by atoms with Gasteiger partial charge in [-0.15, -0.1) is 0 Å². The van der Waals surface area contributed by atoms with E-state index in [1.165, 1.54) is 11.8 Å². The van der Waals surface area contributed by atoms with Crippen LogP contribution in [0.2, 0.25) is 0 Å². The molecule has 0 saturated carbocycles. The lowest BCUT2D eigenvalue weighted by molar-refractivity contribution is -0.145. The molecule has 2 aromatic carbocycles. The number of fused-ring (bicyclic) bond motifs is 1. The number of esters is 1. The Morgan fingerprint density at radius 2 is 2.00 bits per heavy atom. The fourth-order valence-electron chi connectivity index (χ4n) is 3.15. The molecule has 0 saturated heterocycles. The lowest BCUT2D eigenvalue weighted by Crippen LogP contribution is -2.29. The molecule has 180 valence electrons. The predicted molar refractivity (Wildman–Crippen MR) is 143 cm³/mol. The number of nitrogens with zero attached hydrogens (tertiary/aromatic N) is 3. The Labute approximate surface area is 219 Å². The molecule has 1 heterocycles. The highest BCUT2D eigenvalue weighted by molar-refractivity contribution is 14.1. The Morgan fingerprint density at radius 3 is 2.65 bits per heavy atom. The SMILES string of the molecule is CCOC(=O)COc1c(I)cc(C=Nn2c(C(C)(C)C)nc3ccc(Br)cc3c2=O)cc1OC. The van der Waals surface area contributed by atoms with Crippen molar-refractivity contribution in [3.8, 4) is 11.5 Å². The Morgan fingerprint density at radius 1 is 1.26 bits per heavy atom. The first-order valence-corrected chi connectivity index (χ1v) is 12.4. The summed E-state index contributed by atoms with van der Waals surface area (Å²) in [6.07, 6.45) is 1.57. The van der Waals surface area contributed by atoms with Crippen LogP contribution in [0.4, 0.5) is 0 Å². The summed E-state index contributed by atoms with van der Waals surface area (Å²) >= 11 is 5.51. The van der Waals surface area contributed by atoms with E-state index in [1.54, 1.807) is 25.3 Å². The molecule has 0 N–H and O–H groups in total. The van der Waals surface area contributed by atoms with Gasteiger partial charge < -0.3 is 14.2 Å². The highest BCUT2D eigenvalue weighted by atomic mass is 127. The Bertz CT molecular complexity index is 1310. The normalized spacial score (nSPS) is 11.7. The number of aromatic nitrogens is 2. The standard InChI is InChI=1S/C24H25BrIN3O5/c1-6-33-20(30)13-34-21-17(26)9-14(10-19(21)32-5)12-27-29-22(31)16-11-15(25)7-8-18(16)28-23(29)24(2,3)4/h7-12H,6,13H2,1-5H3. The molecular weight excluding hydrogens is 617 g/mol. The smallest absolute Gasteiger partial charge is 0.344 e. The fraction of sp³-hybridized carbons (Fsp3) is 0.333. The summed E-state index contributed by atoms with van der Waals surface area (Å²) in [7, 11) is 1.51. The van der Waals surface area contributed by atoms with Crippen molar-refractivity contribution in [1.82, 2.24) is 9.66 Å². The lowest BCUT2D eigenvalue weighted by atomic mass is 9.95. The third-order valence-corrected chi connectivity index (χ3v) is 5.99. The zero-order valence-corrected chi connectivity index (χ0v) is 23.3. The Balaban J connectivity index is 2.04. The van der Waals surface area contributed by atoms with Crippen LogP contribution in [0.5, 0.6) is 11.5 Å². The van der Waals surface area contributed by atoms with Crippen molar-refractivity contribution in [2.45, 2.75) is 33.1 Å². The van der Waals surface area contributed by atoms with E-state index in [1.807, 2.05) is 39.0 Å². The molecule has 0 atom stereocenters. The number of ether oxygens (including phenoxy) is 3. The number of hydrogen-bond acceptors (Lipinski definition) is 7. The van der Waals surface area contributed by atoms with Crippen LogP contribution in [-0.4, -0.2) is 42.2 Å². The van der Waals surface area contributed by atoms with Gasteiger partial charge in [0.2, 0.25) is 0 Å². The molecule has 0 fully saturated rings. The number of methoxy groups -OCH3 is 1. The van der Waals surface area contributed by atoms with Gasteiger partial charge in [-0.25, -0.2) is 9.78 Å². The molecular formula is C24H25BrIN3O5. The molecule has 3 aromatic rings. The van der Waals surface area contributed by atoms with Gasteiger partial charge in [-0.2, -0.15) is 9.78 Å². The maximum atomic E-state index is 13.3. The van der Waals surface area contributed by atoms with Gasteiger partial charge in [-0.05, 0) is 65.4 Å². The van der Waals surface area contributed by atoms with E-state index in [0.29, 0.717) is 37.4 Å². The Kier molecular flexibility index (Phi) is 8.34. The van der Waals surface area contributed by atoms with Gasteiger partial charge in [0, 0.05) is 9.89 Å². The summed E-state index contributed by atoms with van der Waals surface area (Å²) < 4.78 is 18.8. The molecule has 34 heavy (non-hydrogen) atoms. The zero-order chi connectivity index (χ0) is 25.0. The van der Waals surface area contributed by atoms with Crippen molar-refractivity contribution in [3.63, 3.8) is 0 Å². The maximum Gasteiger partial charge on any atom is 0.344 e. The van der Waals surface area contributed by atoms with Gasteiger partial charge in [0.05, 0.1) is 34.4 Å². The number of carbonyl (C=O) groups is 1. The van der Waals surface area contributed by atoms with E-state index in [9.17, 15) is 9.59 Å². The molecule has 0 aliphatic carbocycles. The molecule has 0 bridgehead atoms. The molecule has 1 aromatic heterocycles. The first-order valence-electron chi connectivity index (χ1n) is 10.5. The molecule has 0 radical (unpaired) electrons. The summed E-state index contributed by atoms with van der Waals surface area (Å²) in [5.74, 6) is 0.940. The second kappa shape index (κ2) is 10.9. The molecule has 0 amide bonds. The summed E-state index contributed by atoms with van der Waals surface area (Å²) in [4.78, 5) is 29.7. The quantitative estimate of drug-likeness (QED) is 0.207.